The first-order valence-electron chi connectivity index (χ1n) is 7.18. The van der Waals surface area contributed by atoms with Crippen molar-refractivity contribution in [2.45, 2.75) is 12.2 Å². The molecule has 4 N–H and O–H groups in total. The fraction of sp³-hybridized carbons (Fsp3) is 0.125. The first-order chi connectivity index (χ1) is 11.5. The molecule has 24 heavy (non-hydrogen) atoms. The summed E-state index contributed by atoms with van der Waals surface area (Å²) >= 11 is 11.9. The van der Waals surface area contributed by atoms with Crippen molar-refractivity contribution < 1.29 is 10.2 Å². The summed E-state index contributed by atoms with van der Waals surface area (Å²) in [5, 5.41) is 22.0. The van der Waals surface area contributed by atoms with Crippen LogP contribution in [0.5, 0.6) is 0 Å². The van der Waals surface area contributed by atoms with E-state index in [1.807, 2.05) is 0 Å². The van der Waals surface area contributed by atoms with Crippen molar-refractivity contribution in [2.24, 2.45) is 0 Å². The monoisotopic (exact) mass is 362 g/mol. The minimum absolute atomic E-state index is 0.234. The number of hydrogen-bond acceptors (Lipinski definition) is 4. The van der Waals surface area contributed by atoms with Gasteiger partial charge in [0.25, 0.3) is 0 Å². The molecule has 0 fully saturated rings. The molecule has 0 amide bonds. The predicted molar refractivity (Wildman–Crippen MR) is 92.1 cm³/mol. The molecule has 2 aromatic heterocycles. The van der Waals surface area contributed by atoms with E-state index in [1.165, 1.54) is 0 Å². The van der Waals surface area contributed by atoms with E-state index < -0.39 is 12.2 Å². The Bertz CT molecular complexity index is 959. The molecule has 8 heteroatoms. The van der Waals surface area contributed by atoms with Crippen molar-refractivity contribution in [3.8, 4) is 0 Å². The second kappa shape index (κ2) is 5.75. The van der Waals surface area contributed by atoms with E-state index in [-0.39, 0.29) is 11.6 Å². The minimum atomic E-state index is -1.27. The Morgan fingerprint density at radius 1 is 0.750 bits per heavy atom. The molecule has 0 bridgehead atoms. The highest BCUT2D eigenvalue weighted by molar-refractivity contribution is 6.31. The molecular weight excluding hydrogens is 351 g/mol. The van der Waals surface area contributed by atoms with Gasteiger partial charge in [-0.3, -0.25) is 0 Å². The van der Waals surface area contributed by atoms with Crippen LogP contribution in [-0.4, -0.2) is 30.1 Å². The SMILES string of the molecule is OC(c1nc2ccc(Cl)cc2[nH]1)C(O)c1nc2ccc(Cl)cc2[nH]1. The first kappa shape index (κ1) is 15.4. The summed E-state index contributed by atoms with van der Waals surface area (Å²) in [6, 6.07) is 10.3. The standard InChI is InChI=1S/C16H12Cl2N4O2/c17-7-1-3-9-11(5-7)21-15(19-9)13(23)14(24)16-20-10-4-2-8(18)6-12(10)22-16/h1-6,13-14,23-24H,(H,19,21)(H,20,22). The highest BCUT2D eigenvalue weighted by Crippen LogP contribution is 2.29. The molecule has 4 rings (SSSR count). The van der Waals surface area contributed by atoms with Gasteiger partial charge in [0.05, 0.1) is 22.1 Å². The third-order valence-electron chi connectivity index (χ3n) is 3.78. The van der Waals surface area contributed by atoms with E-state index in [2.05, 4.69) is 19.9 Å². The minimum Gasteiger partial charge on any atom is -0.382 e. The highest BCUT2D eigenvalue weighted by Gasteiger charge is 2.26. The fourth-order valence-electron chi connectivity index (χ4n) is 2.58. The Morgan fingerprint density at radius 2 is 1.17 bits per heavy atom. The molecule has 2 atom stereocenters. The molecule has 2 unspecified atom stereocenters. The number of halogens is 2. The topological polar surface area (TPSA) is 97.8 Å². The Morgan fingerprint density at radius 3 is 1.58 bits per heavy atom. The van der Waals surface area contributed by atoms with Gasteiger partial charge in [-0.25, -0.2) is 9.97 Å². The van der Waals surface area contributed by atoms with Crippen LogP contribution < -0.4 is 0 Å². The van der Waals surface area contributed by atoms with Crippen molar-refractivity contribution in [1.29, 1.82) is 0 Å². The Balaban J connectivity index is 1.69. The molecule has 6 nitrogen and oxygen atoms in total. The molecule has 122 valence electrons. The molecule has 0 radical (unpaired) electrons. The maximum absolute atomic E-state index is 10.4. The summed E-state index contributed by atoms with van der Waals surface area (Å²) in [7, 11) is 0. The van der Waals surface area contributed by atoms with E-state index >= 15 is 0 Å². The lowest BCUT2D eigenvalue weighted by Gasteiger charge is -2.13. The van der Waals surface area contributed by atoms with Crippen LogP contribution in [0, 0.1) is 0 Å². The third-order valence-corrected chi connectivity index (χ3v) is 4.25. The maximum atomic E-state index is 10.4. The number of nitrogens with zero attached hydrogens (tertiary/aromatic N) is 2. The average molecular weight is 363 g/mol. The molecule has 4 aromatic rings. The Labute approximate surface area is 146 Å². The van der Waals surface area contributed by atoms with Gasteiger partial charge in [-0.1, -0.05) is 23.2 Å². The number of fused-ring (bicyclic) bond motifs is 2. The Kier molecular flexibility index (Phi) is 3.69. The number of aromatic amines is 2. The molecule has 2 heterocycles. The van der Waals surface area contributed by atoms with Crippen molar-refractivity contribution in [1.82, 2.24) is 19.9 Å². The van der Waals surface area contributed by atoms with Gasteiger partial charge in [0, 0.05) is 10.0 Å². The zero-order valence-corrected chi connectivity index (χ0v) is 13.7. The fourth-order valence-corrected chi connectivity index (χ4v) is 2.93. The van der Waals surface area contributed by atoms with E-state index in [1.54, 1.807) is 36.4 Å². The zero-order chi connectivity index (χ0) is 16.8. The van der Waals surface area contributed by atoms with Crippen LogP contribution in [0.3, 0.4) is 0 Å². The number of imidazole rings is 2. The van der Waals surface area contributed by atoms with Gasteiger partial charge in [-0.05, 0) is 36.4 Å². The summed E-state index contributed by atoms with van der Waals surface area (Å²) in [5.41, 5.74) is 2.66. The van der Waals surface area contributed by atoms with Crippen LogP contribution in [0.4, 0.5) is 0 Å². The van der Waals surface area contributed by atoms with E-state index in [0.29, 0.717) is 32.1 Å². The highest BCUT2D eigenvalue weighted by atomic mass is 35.5. The summed E-state index contributed by atoms with van der Waals surface area (Å²) < 4.78 is 0. The second-order valence-corrected chi connectivity index (χ2v) is 6.33. The number of aromatic nitrogens is 4. The van der Waals surface area contributed by atoms with Crippen LogP contribution in [-0.2, 0) is 0 Å². The summed E-state index contributed by atoms with van der Waals surface area (Å²) in [6.45, 7) is 0. The van der Waals surface area contributed by atoms with E-state index in [0.717, 1.165) is 0 Å². The predicted octanol–water partition coefficient (Wildman–Crippen LogP) is 3.51. The first-order valence-corrected chi connectivity index (χ1v) is 7.93. The molecular formula is C16H12Cl2N4O2. The van der Waals surface area contributed by atoms with Crippen molar-refractivity contribution in [3.05, 3.63) is 58.1 Å². The van der Waals surface area contributed by atoms with Crippen LogP contribution in [0.2, 0.25) is 10.0 Å². The number of nitrogens with one attached hydrogen (secondary N) is 2. The molecule has 0 spiro atoms. The Hall–Kier alpha value is -2.12. The second-order valence-electron chi connectivity index (χ2n) is 5.46. The molecule has 0 saturated heterocycles. The van der Waals surface area contributed by atoms with Crippen LogP contribution in [0.1, 0.15) is 23.9 Å². The number of benzene rings is 2. The largest absolute Gasteiger partial charge is 0.382 e. The number of hydrogen-bond donors (Lipinski definition) is 4. The number of aliphatic hydroxyl groups excluding tert-OH is 2. The summed E-state index contributed by atoms with van der Waals surface area (Å²) in [5.74, 6) is 0.469. The lowest BCUT2D eigenvalue weighted by molar-refractivity contribution is 0.00780. The molecule has 0 aliphatic heterocycles. The quantitative estimate of drug-likeness (QED) is 0.448. The molecule has 0 saturated carbocycles. The molecule has 0 aliphatic carbocycles. The smallest absolute Gasteiger partial charge is 0.145 e. The molecule has 0 aliphatic rings. The van der Waals surface area contributed by atoms with Crippen molar-refractivity contribution in [2.75, 3.05) is 0 Å². The van der Waals surface area contributed by atoms with Gasteiger partial charge in [0.1, 0.15) is 23.9 Å². The van der Waals surface area contributed by atoms with Crippen molar-refractivity contribution >= 4 is 45.3 Å². The zero-order valence-electron chi connectivity index (χ0n) is 12.2. The van der Waals surface area contributed by atoms with Crippen LogP contribution >= 0.6 is 23.2 Å². The lowest BCUT2D eigenvalue weighted by Crippen LogP contribution is -2.13. The maximum Gasteiger partial charge on any atom is 0.145 e. The summed E-state index contributed by atoms with van der Waals surface area (Å²) in [6.07, 6.45) is -2.54. The van der Waals surface area contributed by atoms with Gasteiger partial charge in [0.2, 0.25) is 0 Å². The third kappa shape index (κ3) is 2.63. The number of H-pyrrole nitrogens is 2. The average Bonchev–Trinajstić information content (AvgIpc) is 3.16. The van der Waals surface area contributed by atoms with Gasteiger partial charge in [-0.15, -0.1) is 0 Å². The van der Waals surface area contributed by atoms with Gasteiger partial charge in [0.15, 0.2) is 0 Å². The summed E-state index contributed by atoms with van der Waals surface area (Å²) in [4.78, 5) is 14.5. The normalized spacial score (nSPS) is 14.3. The lowest BCUT2D eigenvalue weighted by atomic mass is 10.2. The van der Waals surface area contributed by atoms with Gasteiger partial charge >= 0.3 is 0 Å². The van der Waals surface area contributed by atoms with Gasteiger partial charge in [-0.2, -0.15) is 0 Å². The van der Waals surface area contributed by atoms with Crippen LogP contribution in [0.25, 0.3) is 22.1 Å². The number of rotatable bonds is 3. The van der Waals surface area contributed by atoms with Crippen LogP contribution in [0.15, 0.2) is 36.4 Å². The van der Waals surface area contributed by atoms with Gasteiger partial charge < -0.3 is 20.2 Å². The van der Waals surface area contributed by atoms with E-state index in [9.17, 15) is 10.2 Å². The number of aliphatic hydroxyl groups is 2. The molecule has 2 aromatic carbocycles. The van der Waals surface area contributed by atoms with E-state index in [4.69, 9.17) is 23.2 Å². The van der Waals surface area contributed by atoms with Crippen molar-refractivity contribution in [3.63, 3.8) is 0 Å².